The number of fused-ring (bicyclic) bond motifs is 1. The van der Waals surface area contributed by atoms with Crippen molar-refractivity contribution >= 4 is 11.4 Å². The van der Waals surface area contributed by atoms with Crippen molar-refractivity contribution in [2.45, 2.75) is 58.8 Å². The van der Waals surface area contributed by atoms with Crippen LogP contribution in [0.3, 0.4) is 0 Å². The largest absolute Gasteiger partial charge is 0.416 e. The maximum absolute atomic E-state index is 13.4. The van der Waals surface area contributed by atoms with Crippen LogP contribution < -0.4 is 5.32 Å². The molecule has 2 aromatic heterocycles. The lowest BCUT2D eigenvalue weighted by atomic mass is 10.0. The molecule has 192 valence electrons. The normalized spacial score (nSPS) is 16.8. The Morgan fingerprint density at radius 3 is 2.60 bits per heavy atom. The molecule has 35 heavy (non-hydrogen) atoms. The molecule has 0 aliphatic carbocycles. The molecule has 0 saturated heterocycles. The number of nitrogens with zero attached hydrogens (tertiary/aromatic N) is 4. The summed E-state index contributed by atoms with van der Waals surface area (Å²) in [7, 11) is 3.61. The van der Waals surface area contributed by atoms with Crippen LogP contribution in [0.25, 0.3) is 5.57 Å². The van der Waals surface area contributed by atoms with E-state index >= 15 is 0 Å². The van der Waals surface area contributed by atoms with E-state index in [0.29, 0.717) is 17.7 Å². The third-order valence-electron chi connectivity index (χ3n) is 5.26. The zero-order valence-electron chi connectivity index (χ0n) is 21.1. The summed E-state index contributed by atoms with van der Waals surface area (Å²) in [6.45, 7) is 6.37. The van der Waals surface area contributed by atoms with Gasteiger partial charge in [0.15, 0.2) is 0 Å². The van der Waals surface area contributed by atoms with Gasteiger partial charge in [0.1, 0.15) is 5.82 Å². The Hall–Kier alpha value is -2.91. The van der Waals surface area contributed by atoms with Crippen molar-refractivity contribution < 1.29 is 18.3 Å². The van der Waals surface area contributed by atoms with Crippen molar-refractivity contribution in [1.82, 2.24) is 19.7 Å². The molecule has 0 bridgehead atoms. The zero-order chi connectivity index (χ0) is 26.0. The van der Waals surface area contributed by atoms with Gasteiger partial charge in [-0.2, -0.15) is 18.3 Å². The zero-order valence-corrected chi connectivity index (χ0v) is 21.1. The Morgan fingerprint density at radius 1 is 1.31 bits per heavy atom. The summed E-state index contributed by atoms with van der Waals surface area (Å²) in [5.41, 5.74) is 2.41. The van der Waals surface area contributed by atoms with E-state index in [4.69, 9.17) is 5.11 Å². The number of rotatable bonds is 7. The van der Waals surface area contributed by atoms with Crippen LogP contribution >= 0.6 is 0 Å². The van der Waals surface area contributed by atoms with Gasteiger partial charge in [-0.3, -0.25) is 9.58 Å². The monoisotopic (exact) mass is 491 g/mol. The number of anilines is 1. The fourth-order valence-corrected chi connectivity index (χ4v) is 3.60. The number of nitrogens with one attached hydrogen (secondary N) is 1. The minimum Gasteiger partial charge on any atom is -0.381 e. The van der Waals surface area contributed by atoms with Crippen molar-refractivity contribution in [3.05, 3.63) is 71.2 Å². The fourth-order valence-electron chi connectivity index (χ4n) is 3.60. The first kappa shape index (κ1) is 28.3. The topological polar surface area (TPSA) is 66.2 Å². The van der Waals surface area contributed by atoms with Gasteiger partial charge in [0.05, 0.1) is 29.7 Å². The van der Waals surface area contributed by atoms with Gasteiger partial charge in [-0.1, -0.05) is 25.2 Å². The molecule has 0 fully saturated rings. The molecule has 6 nitrogen and oxygen atoms in total. The highest BCUT2D eigenvalue weighted by Gasteiger charge is 2.32. The van der Waals surface area contributed by atoms with Gasteiger partial charge in [0.25, 0.3) is 0 Å². The van der Waals surface area contributed by atoms with Crippen molar-refractivity contribution in [1.29, 1.82) is 0 Å². The van der Waals surface area contributed by atoms with E-state index in [1.54, 1.807) is 51.2 Å². The molecule has 1 unspecified atom stereocenters. The van der Waals surface area contributed by atoms with Gasteiger partial charge in [-0.15, -0.1) is 0 Å². The van der Waals surface area contributed by atoms with Crippen molar-refractivity contribution in [2.24, 2.45) is 0 Å². The van der Waals surface area contributed by atoms with Crippen LogP contribution in [0.5, 0.6) is 0 Å². The molecule has 2 aromatic rings. The standard InChI is InChI=1S/C23H27F3N4.C3H9NO/c1-4-7-17(14-18(8-5-2)23(24,25)26)20-15-21-19(9-6-12-30(21)29-20)28-22-13-16(3)10-11-27-22;1-4(2)3-5/h4,7-8,10-11,13-15,19H,5-6,9,12H2,1-3H3,(H,27,28);5H,3H2,1-2H3/b7-4-,17-14+,18-8-;. The molecular weight excluding hydrogens is 455 g/mol. The summed E-state index contributed by atoms with van der Waals surface area (Å²) in [6, 6.07) is 5.81. The van der Waals surface area contributed by atoms with Gasteiger partial charge in [-0.05, 0) is 77.0 Å². The van der Waals surface area contributed by atoms with E-state index in [1.165, 1.54) is 12.2 Å². The van der Waals surface area contributed by atoms with Crippen molar-refractivity contribution in [3.8, 4) is 0 Å². The molecule has 9 heteroatoms. The van der Waals surface area contributed by atoms with Crippen LogP contribution in [-0.2, 0) is 6.54 Å². The highest BCUT2D eigenvalue weighted by atomic mass is 19.4. The Kier molecular flexibility index (Phi) is 10.7. The second kappa shape index (κ2) is 13.3. The first-order valence-corrected chi connectivity index (χ1v) is 11.7. The number of alkyl halides is 3. The number of hydrogen-bond donors (Lipinski definition) is 2. The van der Waals surface area contributed by atoms with Crippen molar-refractivity contribution in [3.63, 3.8) is 0 Å². The molecule has 2 N–H and O–H groups in total. The van der Waals surface area contributed by atoms with Gasteiger partial charge in [-0.25, -0.2) is 4.98 Å². The Balaban J connectivity index is 0.000000784. The number of aliphatic hydroxyl groups excluding tert-OH is 1. The van der Waals surface area contributed by atoms with Crippen LogP contribution in [0.2, 0.25) is 0 Å². The molecule has 3 rings (SSSR count). The number of aliphatic hydroxyl groups is 1. The summed E-state index contributed by atoms with van der Waals surface area (Å²) in [5.74, 6) is 0.783. The summed E-state index contributed by atoms with van der Waals surface area (Å²) in [6.07, 6.45) is 5.30. The number of aryl methyl sites for hydroxylation is 2. The number of allylic oxidation sites excluding steroid dienone is 6. The van der Waals surface area contributed by atoms with Gasteiger partial charge in [0.2, 0.25) is 0 Å². The number of pyridine rings is 1. The Morgan fingerprint density at radius 2 is 2.03 bits per heavy atom. The lowest BCUT2D eigenvalue weighted by Gasteiger charge is -2.25. The molecule has 1 atom stereocenters. The van der Waals surface area contributed by atoms with E-state index in [-0.39, 0.29) is 12.8 Å². The van der Waals surface area contributed by atoms with Crippen molar-refractivity contribution in [2.75, 3.05) is 26.1 Å². The Labute approximate surface area is 205 Å². The van der Waals surface area contributed by atoms with E-state index in [9.17, 15) is 13.2 Å². The van der Waals surface area contributed by atoms with Gasteiger partial charge >= 0.3 is 6.18 Å². The lowest BCUT2D eigenvalue weighted by molar-refractivity contribution is -0.0883. The second-order valence-electron chi connectivity index (χ2n) is 8.62. The van der Waals surface area contributed by atoms with E-state index in [2.05, 4.69) is 15.4 Å². The minimum atomic E-state index is -4.40. The summed E-state index contributed by atoms with van der Waals surface area (Å²) in [5, 5.41) is 16.1. The Bertz CT molecular complexity index is 1040. The smallest absolute Gasteiger partial charge is 0.381 e. The molecule has 0 amide bonds. The van der Waals surface area contributed by atoms with E-state index in [0.717, 1.165) is 36.5 Å². The maximum Gasteiger partial charge on any atom is 0.416 e. The molecule has 0 radical (unpaired) electrons. The number of halogens is 3. The number of hydrogen-bond acceptors (Lipinski definition) is 5. The molecular formula is C26H36F3N5O. The van der Waals surface area contributed by atoms with Crippen LogP contribution in [-0.4, -0.2) is 51.8 Å². The SMILES string of the molecule is CN(C)CO.C\C=C/C(=C\C(=C\CC)C(F)(F)F)c1cc2n(n1)CCCC2Nc1cc(C)ccn1. The highest BCUT2D eigenvalue weighted by molar-refractivity contribution is 5.74. The summed E-state index contributed by atoms with van der Waals surface area (Å²) < 4.78 is 42.1. The van der Waals surface area contributed by atoms with Gasteiger partial charge in [0, 0.05) is 18.3 Å². The molecule has 1 aliphatic rings. The highest BCUT2D eigenvalue weighted by Crippen LogP contribution is 2.33. The van der Waals surface area contributed by atoms with Crippen LogP contribution in [0.1, 0.15) is 56.1 Å². The van der Waals surface area contributed by atoms with Gasteiger partial charge < -0.3 is 10.4 Å². The lowest BCUT2D eigenvalue weighted by Crippen LogP contribution is -2.22. The average Bonchev–Trinajstić information content (AvgIpc) is 3.23. The molecule has 1 aliphatic heterocycles. The van der Waals surface area contributed by atoms with Crippen LogP contribution in [0, 0.1) is 6.92 Å². The summed E-state index contributed by atoms with van der Waals surface area (Å²) in [4.78, 5) is 6.05. The predicted octanol–water partition coefficient (Wildman–Crippen LogP) is 5.89. The molecule has 0 saturated carbocycles. The van der Waals surface area contributed by atoms with E-state index < -0.39 is 11.7 Å². The molecule has 0 spiro atoms. The first-order chi connectivity index (χ1) is 16.6. The third kappa shape index (κ3) is 8.67. The minimum absolute atomic E-state index is 0.00873. The average molecular weight is 492 g/mol. The van der Waals surface area contributed by atoms with Crippen LogP contribution in [0.15, 0.2) is 54.3 Å². The third-order valence-corrected chi connectivity index (χ3v) is 5.26. The summed E-state index contributed by atoms with van der Waals surface area (Å²) >= 11 is 0. The molecule has 0 aromatic carbocycles. The maximum atomic E-state index is 13.4. The fraction of sp³-hybridized carbons (Fsp3) is 0.462. The second-order valence-corrected chi connectivity index (χ2v) is 8.62. The predicted molar refractivity (Wildman–Crippen MR) is 135 cm³/mol. The van der Waals surface area contributed by atoms with Crippen LogP contribution in [0.4, 0.5) is 19.0 Å². The first-order valence-electron chi connectivity index (χ1n) is 11.7. The quantitative estimate of drug-likeness (QED) is 0.374. The molecule has 3 heterocycles. The van der Waals surface area contributed by atoms with E-state index in [1.807, 2.05) is 29.8 Å². The number of aromatic nitrogens is 3.